The summed E-state index contributed by atoms with van der Waals surface area (Å²) in [6.45, 7) is 1.54. The van der Waals surface area contributed by atoms with Crippen molar-refractivity contribution in [2.24, 2.45) is 5.73 Å². The van der Waals surface area contributed by atoms with Gasteiger partial charge in [0.2, 0.25) is 0 Å². The maximum Gasteiger partial charge on any atom is 0.253 e. The van der Waals surface area contributed by atoms with Crippen LogP contribution in [0, 0.1) is 0 Å². The first-order valence-corrected chi connectivity index (χ1v) is 9.02. The van der Waals surface area contributed by atoms with E-state index in [1.807, 2.05) is 23.1 Å². The van der Waals surface area contributed by atoms with E-state index < -0.39 is 0 Å². The van der Waals surface area contributed by atoms with Crippen LogP contribution in [-0.4, -0.2) is 29.9 Å². The standard InChI is InChI=1S/C19H22N2OS.ClH/c20-17-10-12-21(13-11-17)19(22)16-8-6-15(7-9-16)14-23-18-4-2-1-3-5-18;/h1-9,17H,10-14,20H2;1H. The third-order valence-electron chi connectivity index (χ3n) is 4.18. The fourth-order valence-electron chi connectivity index (χ4n) is 2.71. The number of hydrogen-bond acceptors (Lipinski definition) is 3. The molecule has 24 heavy (non-hydrogen) atoms. The summed E-state index contributed by atoms with van der Waals surface area (Å²) >= 11 is 1.81. The zero-order valence-corrected chi connectivity index (χ0v) is 15.2. The molecule has 3 nitrogen and oxygen atoms in total. The Bertz CT molecular complexity index is 640. The van der Waals surface area contributed by atoms with Gasteiger partial charge in [0.15, 0.2) is 0 Å². The first-order chi connectivity index (χ1) is 11.2. The highest BCUT2D eigenvalue weighted by Crippen LogP contribution is 2.22. The van der Waals surface area contributed by atoms with Gasteiger partial charge in [-0.05, 0) is 42.7 Å². The second-order valence-electron chi connectivity index (χ2n) is 5.93. The van der Waals surface area contributed by atoms with Gasteiger partial charge < -0.3 is 10.6 Å². The molecule has 0 radical (unpaired) electrons. The minimum Gasteiger partial charge on any atom is -0.339 e. The molecule has 2 aromatic carbocycles. The van der Waals surface area contributed by atoms with Crippen molar-refractivity contribution >= 4 is 30.1 Å². The van der Waals surface area contributed by atoms with E-state index in [0.29, 0.717) is 0 Å². The van der Waals surface area contributed by atoms with E-state index in [-0.39, 0.29) is 24.4 Å². The van der Waals surface area contributed by atoms with Crippen molar-refractivity contribution in [3.05, 3.63) is 65.7 Å². The summed E-state index contributed by atoms with van der Waals surface area (Å²) in [7, 11) is 0. The van der Waals surface area contributed by atoms with Gasteiger partial charge in [0.1, 0.15) is 0 Å². The van der Waals surface area contributed by atoms with Crippen LogP contribution in [0.2, 0.25) is 0 Å². The Labute approximate surface area is 154 Å². The minimum absolute atomic E-state index is 0. The summed E-state index contributed by atoms with van der Waals surface area (Å²) in [4.78, 5) is 15.7. The van der Waals surface area contributed by atoms with Crippen LogP contribution in [0.5, 0.6) is 0 Å². The number of thioether (sulfide) groups is 1. The number of halogens is 1. The molecule has 1 saturated heterocycles. The van der Waals surface area contributed by atoms with Crippen LogP contribution in [0.1, 0.15) is 28.8 Å². The van der Waals surface area contributed by atoms with E-state index in [1.54, 1.807) is 11.8 Å². The van der Waals surface area contributed by atoms with Gasteiger partial charge in [0, 0.05) is 35.3 Å². The number of hydrogen-bond donors (Lipinski definition) is 1. The third kappa shape index (κ3) is 5.00. The fraction of sp³-hybridized carbons (Fsp3) is 0.316. The molecule has 1 heterocycles. The number of likely N-dealkylation sites (tertiary alicyclic amines) is 1. The Balaban J connectivity index is 0.00000208. The molecule has 1 fully saturated rings. The molecule has 2 aromatic rings. The highest BCUT2D eigenvalue weighted by Gasteiger charge is 2.21. The lowest BCUT2D eigenvalue weighted by Crippen LogP contribution is -2.42. The Morgan fingerprint density at radius 3 is 2.29 bits per heavy atom. The lowest BCUT2D eigenvalue weighted by atomic mass is 10.0. The zero-order valence-electron chi connectivity index (χ0n) is 13.6. The summed E-state index contributed by atoms with van der Waals surface area (Å²) in [5.41, 5.74) is 7.90. The van der Waals surface area contributed by atoms with E-state index in [0.717, 1.165) is 37.2 Å². The molecule has 0 bridgehead atoms. The van der Waals surface area contributed by atoms with Gasteiger partial charge in [0.05, 0.1) is 0 Å². The Morgan fingerprint density at radius 2 is 1.67 bits per heavy atom. The maximum atomic E-state index is 12.5. The fourth-order valence-corrected chi connectivity index (χ4v) is 3.59. The lowest BCUT2D eigenvalue weighted by Gasteiger charge is -2.30. The molecule has 0 saturated carbocycles. The molecule has 5 heteroatoms. The number of benzene rings is 2. The molecular weight excluding hydrogens is 340 g/mol. The quantitative estimate of drug-likeness (QED) is 0.837. The molecule has 0 aromatic heterocycles. The second-order valence-corrected chi connectivity index (χ2v) is 6.98. The van der Waals surface area contributed by atoms with Gasteiger partial charge in [-0.15, -0.1) is 24.2 Å². The Kier molecular flexibility index (Phi) is 7.16. The SMILES string of the molecule is Cl.NC1CCN(C(=O)c2ccc(CSc3ccccc3)cc2)CC1. The molecule has 1 aliphatic rings. The zero-order chi connectivity index (χ0) is 16.1. The maximum absolute atomic E-state index is 12.5. The van der Waals surface area contributed by atoms with Gasteiger partial charge >= 0.3 is 0 Å². The molecule has 1 amide bonds. The first kappa shape index (κ1) is 18.8. The second kappa shape index (κ2) is 9.11. The summed E-state index contributed by atoms with van der Waals surface area (Å²) in [6.07, 6.45) is 1.80. The predicted octanol–water partition coefficient (Wildman–Crippen LogP) is 3.96. The number of carbonyl (C=O) groups is 1. The average Bonchev–Trinajstić information content (AvgIpc) is 2.61. The number of nitrogens with zero attached hydrogens (tertiary/aromatic N) is 1. The van der Waals surface area contributed by atoms with E-state index >= 15 is 0 Å². The number of rotatable bonds is 4. The number of carbonyl (C=O) groups excluding carboxylic acids is 1. The average molecular weight is 363 g/mol. The van der Waals surface area contributed by atoms with Crippen molar-refractivity contribution in [1.29, 1.82) is 0 Å². The van der Waals surface area contributed by atoms with Gasteiger partial charge in [-0.3, -0.25) is 4.79 Å². The van der Waals surface area contributed by atoms with E-state index in [2.05, 4.69) is 36.4 Å². The predicted molar refractivity (Wildman–Crippen MR) is 103 cm³/mol. The molecule has 2 N–H and O–H groups in total. The third-order valence-corrected chi connectivity index (χ3v) is 5.26. The van der Waals surface area contributed by atoms with Crippen molar-refractivity contribution < 1.29 is 4.79 Å². The largest absolute Gasteiger partial charge is 0.339 e. The van der Waals surface area contributed by atoms with Crippen LogP contribution in [-0.2, 0) is 5.75 Å². The molecule has 0 unspecified atom stereocenters. The van der Waals surface area contributed by atoms with Crippen molar-refractivity contribution in [3.8, 4) is 0 Å². The van der Waals surface area contributed by atoms with Gasteiger partial charge in [0.25, 0.3) is 5.91 Å². The minimum atomic E-state index is 0. The molecule has 3 rings (SSSR count). The van der Waals surface area contributed by atoms with Crippen LogP contribution in [0.15, 0.2) is 59.5 Å². The summed E-state index contributed by atoms with van der Waals surface area (Å²) in [5, 5.41) is 0. The molecular formula is C19H23ClN2OS. The number of piperidine rings is 1. The van der Waals surface area contributed by atoms with Gasteiger partial charge in [-0.2, -0.15) is 0 Å². The molecule has 1 aliphatic heterocycles. The van der Waals surface area contributed by atoms with Gasteiger partial charge in [-0.25, -0.2) is 0 Å². The van der Waals surface area contributed by atoms with Crippen molar-refractivity contribution in [3.63, 3.8) is 0 Å². The molecule has 0 atom stereocenters. The topological polar surface area (TPSA) is 46.3 Å². The van der Waals surface area contributed by atoms with Crippen LogP contribution >= 0.6 is 24.2 Å². The normalized spacial score (nSPS) is 15.0. The number of amides is 1. The Hall–Kier alpha value is -1.49. The van der Waals surface area contributed by atoms with Crippen molar-refractivity contribution in [2.75, 3.05) is 13.1 Å². The van der Waals surface area contributed by atoms with Crippen LogP contribution in [0.25, 0.3) is 0 Å². The van der Waals surface area contributed by atoms with Crippen molar-refractivity contribution in [1.82, 2.24) is 4.90 Å². The smallest absolute Gasteiger partial charge is 0.253 e. The van der Waals surface area contributed by atoms with E-state index in [9.17, 15) is 4.79 Å². The number of nitrogens with two attached hydrogens (primary N) is 1. The van der Waals surface area contributed by atoms with E-state index in [4.69, 9.17) is 5.73 Å². The Morgan fingerprint density at radius 1 is 1.04 bits per heavy atom. The summed E-state index contributed by atoms with van der Waals surface area (Å²) in [6, 6.07) is 18.6. The highest BCUT2D eigenvalue weighted by atomic mass is 35.5. The summed E-state index contributed by atoms with van der Waals surface area (Å²) < 4.78 is 0. The van der Waals surface area contributed by atoms with Crippen molar-refractivity contribution in [2.45, 2.75) is 29.5 Å². The summed E-state index contributed by atoms with van der Waals surface area (Å²) in [5.74, 6) is 1.04. The van der Waals surface area contributed by atoms with Crippen LogP contribution < -0.4 is 5.73 Å². The molecule has 128 valence electrons. The van der Waals surface area contributed by atoms with Crippen LogP contribution in [0.3, 0.4) is 0 Å². The van der Waals surface area contributed by atoms with Gasteiger partial charge in [-0.1, -0.05) is 30.3 Å². The monoisotopic (exact) mass is 362 g/mol. The molecule has 0 spiro atoms. The highest BCUT2D eigenvalue weighted by molar-refractivity contribution is 7.98. The first-order valence-electron chi connectivity index (χ1n) is 8.04. The van der Waals surface area contributed by atoms with Crippen LogP contribution in [0.4, 0.5) is 0 Å². The lowest BCUT2D eigenvalue weighted by molar-refractivity contribution is 0.0715. The van der Waals surface area contributed by atoms with E-state index in [1.165, 1.54) is 10.5 Å². The molecule has 0 aliphatic carbocycles.